The minimum absolute atomic E-state index is 0.192. The smallest absolute Gasteiger partial charge is 0.231 e. The lowest BCUT2D eigenvalue weighted by molar-refractivity contribution is -0.142. The van der Waals surface area contributed by atoms with E-state index >= 15 is 0 Å². The Kier molecular flexibility index (Phi) is 9.92. The van der Waals surface area contributed by atoms with E-state index in [4.69, 9.17) is 15.2 Å². The van der Waals surface area contributed by atoms with Gasteiger partial charge >= 0.3 is 0 Å². The Balaban J connectivity index is 4.15. The van der Waals surface area contributed by atoms with Crippen LogP contribution >= 0.6 is 0 Å². The molecule has 0 atom stereocenters. The highest BCUT2D eigenvalue weighted by molar-refractivity contribution is 5.75. The van der Waals surface area contributed by atoms with Gasteiger partial charge in [0.1, 0.15) is 0 Å². The quantitative estimate of drug-likeness (QED) is 0.567. The van der Waals surface area contributed by atoms with E-state index in [0.717, 1.165) is 19.5 Å². The van der Waals surface area contributed by atoms with Gasteiger partial charge < -0.3 is 15.2 Å². The van der Waals surface area contributed by atoms with E-state index in [-0.39, 0.29) is 12.2 Å². The molecule has 0 aromatic rings. The number of carbonyl (C=O) groups excluding carboxylic acids is 1. The lowest BCUT2D eigenvalue weighted by Gasteiger charge is -2.25. The molecule has 0 rings (SSSR count). The van der Waals surface area contributed by atoms with Gasteiger partial charge in [-0.25, -0.2) is 0 Å². The highest BCUT2D eigenvalue weighted by Crippen LogP contribution is 2.05. The molecule has 0 saturated heterocycles. The van der Waals surface area contributed by atoms with Crippen molar-refractivity contribution in [3.05, 3.63) is 0 Å². The van der Waals surface area contributed by atoms with Crippen LogP contribution in [-0.4, -0.2) is 49.9 Å². The predicted octanol–water partition coefficient (Wildman–Crippen LogP) is 1.22. The molecular formula is C13H28N2O3. The molecular weight excluding hydrogens is 232 g/mol. The topological polar surface area (TPSA) is 64.8 Å². The third-order valence-electron chi connectivity index (χ3n) is 2.39. The van der Waals surface area contributed by atoms with Gasteiger partial charge in [-0.2, -0.15) is 0 Å². The van der Waals surface area contributed by atoms with Crippen molar-refractivity contribution in [2.75, 3.05) is 32.8 Å². The minimum Gasteiger partial charge on any atom is -0.369 e. The predicted molar refractivity (Wildman–Crippen MR) is 72.1 cm³/mol. The second-order valence-electron chi connectivity index (χ2n) is 4.72. The fourth-order valence-electron chi connectivity index (χ4n) is 1.85. The summed E-state index contributed by atoms with van der Waals surface area (Å²) in [6.45, 7) is 11.3. The largest absolute Gasteiger partial charge is 0.369 e. The van der Waals surface area contributed by atoms with Crippen LogP contribution in [0.2, 0.25) is 0 Å². The van der Waals surface area contributed by atoms with E-state index in [1.165, 1.54) is 0 Å². The lowest BCUT2D eigenvalue weighted by Crippen LogP contribution is -2.38. The van der Waals surface area contributed by atoms with Crippen molar-refractivity contribution < 1.29 is 14.3 Å². The van der Waals surface area contributed by atoms with Crippen LogP contribution in [0, 0.1) is 5.92 Å². The van der Waals surface area contributed by atoms with Gasteiger partial charge in [0, 0.05) is 32.7 Å². The molecule has 0 aromatic heterocycles. The first kappa shape index (κ1) is 17.4. The number of ether oxygens (including phenoxy) is 2. The summed E-state index contributed by atoms with van der Waals surface area (Å²) in [5.41, 5.74) is 5.25. The Labute approximate surface area is 111 Å². The van der Waals surface area contributed by atoms with E-state index in [2.05, 4.69) is 18.7 Å². The van der Waals surface area contributed by atoms with Gasteiger partial charge in [0.2, 0.25) is 5.91 Å². The van der Waals surface area contributed by atoms with Crippen LogP contribution in [0.15, 0.2) is 0 Å². The third-order valence-corrected chi connectivity index (χ3v) is 2.39. The van der Waals surface area contributed by atoms with Crippen LogP contribution in [0.5, 0.6) is 0 Å². The van der Waals surface area contributed by atoms with Crippen LogP contribution in [0.4, 0.5) is 0 Å². The van der Waals surface area contributed by atoms with Gasteiger partial charge in [-0.1, -0.05) is 13.8 Å². The molecule has 1 amide bonds. The first-order valence-electron chi connectivity index (χ1n) is 6.73. The zero-order chi connectivity index (χ0) is 14.0. The van der Waals surface area contributed by atoms with Gasteiger partial charge in [-0.15, -0.1) is 0 Å². The number of nitrogens with zero attached hydrogens (tertiary/aromatic N) is 1. The molecule has 0 saturated carbocycles. The maximum atomic E-state index is 11.0. The zero-order valence-electron chi connectivity index (χ0n) is 12.1. The molecule has 0 bridgehead atoms. The molecule has 0 aromatic carbocycles. The van der Waals surface area contributed by atoms with Crippen molar-refractivity contribution >= 4 is 5.91 Å². The van der Waals surface area contributed by atoms with Crippen LogP contribution in [0.25, 0.3) is 0 Å². The number of hydrogen-bond donors (Lipinski definition) is 1. The molecule has 5 heteroatoms. The van der Waals surface area contributed by atoms with Gasteiger partial charge in [0.15, 0.2) is 6.29 Å². The first-order valence-corrected chi connectivity index (χ1v) is 6.73. The summed E-state index contributed by atoms with van der Waals surface area (Å²) in [5.74, 6) is 0.210. The third kappa shape index (κ3) is 9.39. The summed E-state index contributed by atoms with van der Waals surface area (Å²) < 4.78 is 11.0. The maximum absolute atomic E-state index is 11.0. The van der Waals surface area contributed by atoms with Crippen molar-refractivity contribution in [1.82, 2.24) is 4.90 Å². The molecule has 0 spiro atoms. The molecule has 0 unspecified atom stereocenters. The second-order valence-corrected chi connectivity index (χ2v) is 4.72. The van der Waals surface area contributed by atoms with Crippen molar-refractivity contribution in [1.29, 1.82) is 0 Å². The van der Waals surface area contributed by atoms with E-state index < -0.39 is 0 Å². The highest BCUT2D eigenvalue weighted by Gasteiger charge is 2.14. The van der Waals surface area contributed by atoms with Gasteiger partial charge in [0.25, 0.3) is 0 Å². The second kappa shape index (κ2) is 10.3. The van der Waals surface area contributed by atoms with E-state index in [9.17, 15) is 4.79 Å². The molecule has 0 heterocycles. The molecule has 0 aliphatic heterocycles. The first-order chi connectivity index (χ1) is 8.49. The Bertz CT molecular complexity index is 216. The molecule has 18 heavy (non-hydrogen) atoms. The Morgan fingerprint density at radius 2 is 1.78 bits per heavy atom. The summed E-state index contributed by atoms with van der Waals surface area (Å²) in [7, 11) is 0. The van der Waals surface area contributed by atoms with Gasteiger partial charge in [0.05, 0.1) is 6.54 Å². The Hall–Kier alpha value is -0.650. The zero-order valence-corrected chi connectivity index (χ0v) is 12.1. The maximum Gasteiger partial charge on any atom is 0.231 e. The summed E-state index contributed by atoms with van der Waals surface area (Å²) in [6, 6.07) is 0. The summed E-state index contributed by atoms with van der Waals surface area (Å²) in [5, 5.41) is 0. The number of primary amides is 1. The van der Waals surface area contributed by atoms with Crippen LogP contribution < -0.4 is 5.73 Å². The molecule has 0 aliphatic rings. The summed E-state index contributed by atoms with van der Waals surface area (Å²) >= 11 is 0. The Morgan fingerprint density at radius 3 is 2.17 bits per heavy atom. The van der Waals surface area contributed by atoms with E-state index in [0.29, 0.717) is 25.7 Å². The van der Waals surface area contributed by atoms with E-state index in [1.54, 1.807) is 0 Å². The molecule has 0 fully saturated rings. The van der Waals surface area contributed by atoms with Gasteiger partial charge in [-0.05, 0) is 19.8 Å². The van der Waals surface area contributed by atoms with E-state index in [1.807, 2.05) is 13.8 Å². The Morgan fingerprint density at radius 1 is 1.22 bits per heavy atom. The molecule has 0 radical (unpaired) electrons. The number of hydrogen-bond acceptors (Lipinski definition) is 4. The van der Waals surface area contributed by atoms with Crippen LogP contribution in [-0.2, 0) is 14.3 Å². The van der Waals surface area contributed by atoms with Crippen molar-refractivity contribution in [3.8, 4) is 0 Å². The fourth-order valence-corrected chi connectivity index (χ4v) is 1.85. The fraction of sp³-hybridized carbons (Fsp3) is 0.923. The highest BCUT2D eigenvalue weighted by atomic mass is 16.7. The lowest BCUT2D eigenvalue weighted by atomic mass is 10.2. The molecule has 108 valence electrons. The standard InChI is InChI=1S/C13H28N2O3/c1-5-17-13(18-6-2)7-8-15(9-11(3)4)10-12(14)16/h11,13H,5-10H2,1-4H3,(H2,14,16). The number of amides is 1. The van der Waals surface area contributed by atoms with Crippen LogP contribution in [0.1, 0.15) is 34.1 Å². The molecule has 5 nitrogen and oxygen atoms in total. The van der Waals surface area contributed by atoms with Crippen molar-refractivity contribution in [2.24, 2.45) is 11.7 Å². The van der Waals surface area contributed by atoms with Crippen molar-refractivity contribution in [3.63, 3.8) is 0 Å². The molecule has 0 aliphatic carbocycles. The summed E-state index contributed by atoms with van der Waals surface area (Å²) in [4.78, 5) is 13.1. The number of carbonyl (C=O) groups is 1. The monoisotopic (exact) mass is 260 g/mol. The molecule has 2 N–H and O–H groups in total. The number of rotatable bonds is 11. The van der Waals surface area contributed by atoms with Crippen LogP contribution in [0.3, 0.4) is 0 Å². The normalized spacial score (nSPS) is 11.7. The van der Waals surface area contributed by atoms with Gasteiger partial charge in [-0.3, -0.25) is 9.69 Å². The van der Waals surface area contributed by atoms with Crippen molar-refractivity contribution in [2.45, 2.75) is 40.4 Å². The average molecular weight is 260 g/mol. The number of nitrogens with two attached hydrogens (primary N) is 1. The minimum atomic E-state index is -0.292. The average Bonchev–Trinajstić information content (AvgIpc) is 2.24. The summed E-state index contributed by atoms with van der Waals surface area (Å²) in [6.07, 6.45) is 0.560. The SMILES string of the molecule is CCOC(CCN(CC(N)=O)CC(C)C)OCC.